The van der Waals surface area contributed by atoms with E-state index in [1.54, 1.807) is 19.2 Å². The van der Waals surface area contributed by atoms with Crippen molar-refractivity contribution in [2.45, 2.75) is 13.3 Å². The molecule has 0 fully saturated rings. The second kappa shape index (κ2) is 7.56. The Bertz CT molecular complexity index is 340. The van der Waals surface area contributed by atoms with Gasteiger partial charge in [0.25, 0.3) is 5.91 Å². The molecule has 1 aromatic heterocycles. The van der Waals surface area contributed by atoms with E-state index in [-0.39, 0.29) is 11.6 Å². The van der Waals surface area contributed by atoms with Crippen LogP contribution in [0.3, 0.4) is 0 Å². The maximum Gasteiger partial charge on any atom is 0.271 e. The van der Waals surface area contributed by atoms with Gasteiger partial charge in [0, 0.05) is 19.7 Å². The summed E-state index contributed by atoms with van der Waals surface area (Å²) < 4.78 is 5.35. The largest absolute Gasteiger partial charge is 0.475 e. The first-order valence-corrected chi connectivity index (χ1v) is 5.67. The average molecular weight is 238 g/mol. The second-order valence-electron chi connectivity index (χ2n) is 3.43. The van der Waals surface area contributed by atoms with Crippen LogP contribution in [0.1, 0.15) is 23.8 Å². The molecule has 0 aliphatic heterocycles. The number of rotatable bonds is 7. The Hall–Kier alpha value is -1.69. The van der Waals surface area contributed by atoms with Crippen molar-refractivity contribution >= 4 is 5.91 Å². The number of aromatic nitrogens is 2. The Labute approximate surface area is 101 Å². The average Bonchev–Trinajstić information content (AvgIpc) is 2.38. The molecule has 0 bridgehead atoms. The summed E-state index contributed by atoms with van der Waals surface area (Å²) in [6.45, 7) is 4.39. The molecule has 0 aliphatic carbocycles. The van der Waals surface area contributed by atoms with Gasteiger partial charge in [-0.15, -0.1) is 10.2 Å². The number of nitrogens with zero attached hydrogens (tertiary/aromatic N) is 2. The molecular weight excluding hydrogens is 220 g/mol. The Kier molecular flexibility index (Phi) is 5.95. The molecule has 0 unspecified atom stereocenters. The maximum absolute atomic E-state index is 11.2. The Balaban J connectivity index is 2.33. The van der Waals surface area contributed by atoms with Crippen LogP contribution in [0.4, 0.5) is 0 Å². The predicted molar refractivity (Wildman–Crippen MR) is 64.1 cm³/mol. The molecule has 17 heavy (non-hydrogen) atoms. The topological polar surface area (TPSA) is 76.1 Å². The molecule has 1 rings (SSSR count). The molecule has 0 aliphatic rings. The summed E-state index contributed by atoms with van der Waals surface area (Å²) in [6.07, 6.45) is 1.10. The first-order valence-electron chi connectivity index (χ1n) is 5.67. The lowest BCUT2D eigenvalue weighted by Crippen LogP contribution is -2.22. The summed E-state index contributed by atoms with van der Waals surface area (Å²) in [5.41, 5.74) is 0.281. The van der Waals surface area contributed by atoms with Crippen LogP contribution in [0.15, 0.2) is 12.1 Å². The van der Waals surface area contributed by atoms with Gasteiger partial charge in [0.1, 0.15) is 6.61 Å². The minimum absolute atomic E-state index is 0.256. The Morgan fingerprint density at radius 2 is 2.18 bits per heavy atom. The first-order chi connectivity index (χ1) is 8.27. The fraction of sp³-hybridized carbons (Fsp3) is 0.545. The molecule has 0 atom stereocenters. The second-order valence-corrected chi connectivity index (χ2v) is 3.43. The third-order valence-corrected chi connectivity index (χ3v) is 2.06. The van der Waals surface area contributed by atoms with Crippen LogP contribution < -0.4 is 15.4 Å². The molecule has 1 aromatic rings. The van der Waals surface area contributed by atoms with E-state index < -0.39 is 0 Å². The minimum Gasteiger partial charge on any atom is -0.475 e. The molecule has 0 saturated heterocycles. The Morgan fingerprint density at radius 1 is 1.35 bits per heavy atom. The smallest absolute Gasteiger partial charge is 0.271 e. The van der Waals surface area contributed by atoms with E-state index in [2.05, 4.69) is 27.8 Å². The molecule has 0 spiro atoms. The fourth-order valence-corrected chi connectivity index (χ4v) is 1.18. The van der Waals surface area contributed by atoms with Crippen molar-refractivity contribution in [3.8, 4) is 5.88 Å². The van der Waals surface area contributed by atoms with Gasteiger partial charge in [0.2, 0.25) is 5.88 Å². The zero-order chi connectivity index (χ0) is 12.5. The maximum atomic E-state index is 11.2. The molecule has 1 heterocycles. The lowest BCUT2D eigenvalue weighted by atomic mass is 10.4. The third-order valence-electron chi connectivity index (χ3n) is 2.06. The lowest BCUT2D eigenvalue weighted by molar-refractivity contribution is 0.0957. The predicted octanol–water partition coefficient (Wildman–Crippen LogP) is 0.215. The Morgan fingerprint density at radius 3 is 2.76 bits per heavy atom. The van der Waals surface area contributed by atoms with Crippen LogP contribution >= 0.6 is 0 Å². The van der Waals surface area contributed by atoms with E-state index in [1.165, 1.54) is 0 Å². The monoisotopic (exact) mass is 238 g/mol. The molecule has 6 nitrogen and oxygen atoms in total. The van der Waals surface area contributed by atoms with Gasteiger partial charge in [-0.25, -0.2) is 0 Å². The summed E-state index contributed by atoms with van der Waals surface area (Å²) in [4.78, 5) is 11.2. The highest BCUT2D eigenvalue weighted by Gasteiger charge is 2.05. The summed E-state index contributed by atoms with van der Waals surface area (Å²) in [7, 11) is 1.55. The van der Waals surface area contributed by atoms with Crippen molar-refractivity contribution in [2.24, 2.45) is 0 Å². The number of carbonyl (C=O) groups is 1. The van der Waals surface area contributed by atoms with Crippen LogP contribution in [0.5, 0.6) is 5.88 Å². The molecule has 94 valence electrons. The SMILES string of the molecule is CCCNCCOc1ccc(C(=O)NC)nn1. The molecule has 0 aromatic carbocycles. The van der Waals surface area contributed by atoms with E-state index in [0.29, 0.717) is 12.5 Å². The van der Waals surface area contributed by atoms with Crippen LogP contribution in [0, 0.1) is 0 Å². The number of hydrogen-bond acceptors (Lipinski definition) is 5. The lowest BCUT2D eigenvalue weighted by Gasteiger charge is -2.05. The van der Waals surface area contributed by atoms with Crippen molar-refractivity contribution in [1.29, 1.82) is 0 Å². The number of ether oxygens (including phenoxy) is 1. The van der Waals surface area contributed by atoms with Crippen LogP contribution in [-0.2, 0) is 0 Å². The van der Waals surface area contributed by atoms with Crippen LogP contribution in [0.25, 0.3) is 0 Å². The van der Waals surface area contributed by atoms with Gasteiger partial charge in [0.15, 0.2) is 5.69 Å². The van der Waals surface area contributed by atoms with E-state index in [1.807, 2.05) is 0 Å². The fourth-order valence-electron chi connectivity index (χ4n) is 1.18. The van der Waals surface area contributed by atoms with E-state index in [0.717, 1.165) is 19.5 Å². The van der Waals surface area contributed by atoms with Gasteiger partial charge in [-0.2, -0.15) is 0 Å². The van der Waals surface area contributed by atoms with Gasteiger partial charge in [-0.1, -0.05) is 6.92 Å². The van der Waals surface area contributed by atoms with Crippen LogP contribution in [0.2, 0.25) is 0 Å². The number of hydrogen-bond donors (Lipinski definition) is 2. The highest BCUT2D eigenvalue weighted by molar-refractivity contribution is 5.91. The standard InChI is InChI=1S/C11H18N4O2/c1-3-6-13-7-8-17-10-5-4-9(14-15-10)11(16)12-2/h4-5,13H,3,6-8H2,1-2H3,(H,12,16). The number of amides is 1. The molecule has 2 N–H and O–H groups in total. The van der Waals surface area contributed by atoms with Gasteiger partial charge < -0.3 is 15.4 Å². The first kappa shape index (κ1) is 13.4. The van der Waals surface area contributed by atoms with E-state index >= 15 is 0 Å². The quantitative estimate of drug-likeness (QED) is 0.664. The van der Waals surface area contributed by atoms with Crippen molar-refractivity contribution < 1.29 is 9.53 Å². The number of nitrogens with one attached hydrogen (secondary N) is 2. The molecule has 1 amide bonds. The molecule has 6 heteroatoms. The molecule has 0 radical (unpaired) electrons. The zero-order valence-electron chi connectivity index (χ0n) is 10.2. The minimum atomic E-state index is -0.256. The van der Waals surface area contributed by atoms with Crippen molar-refractivity contribution in [3.05, 3.63) is 17.8 Å². The van der Waals surface area contributed by atoms with Crippen molar-refractivity contribution in [1.82, 2.24) is 20.8 Å². The highest BCUT2D eigenvalue weighted by atomic mass is 16.5. The van der Waals surface area contributed by atoms with Crippen molar-refractivity contribution in [3.63, 3.8) is 0 Å². The van der Waals surface area contributed by atoms with E-state index in [4.69, 9.17) is 4.74 Å². The van der Waals surface area contributed by atoms with Gasteiger partial charge >= 0.3 is 0 Å². The summed E-state index contributed by atoms with van der Waals surface area (Å²) in [5, 5.41) is 13.2. The highest BCUT2D eigenvalue weighted by Crippen LogP contribution is 2.04. The van der Waals surface area contributed by atoms with Gasteiger partial charge in [0.05, 0.1) is 0 Å². The van der Waals surface area contributed by atoms with Crippen molar-refractivity contribution in [2.75, 3.05) is 26.7 Å². The zero-order valence-corrected chi connectivity index (χ0v) is 10.2. The molecule has 0 saturated carbocycles. The number of carbonyl (C=O) groups excluding carboxylic acids is 1. The summed E-state index contributed by atoms with van der Waals surface area (Å²) >= 11 is 0. The van der Waals surface area contributed by atoms with Crippen LogP contribution in [-0.4, -0.2) is 42.8 Å². The third kappa shape index (κ3) is 4.78. The molecular formula is C11H18N4O2. The van der Waals surface area contributed by atoms with Gasteiger partial charge in [-0.3, -0.25) is 4.79 Å². The normalized spacial score (nSPS) is 10.0. The summed E-state index contributed by atoms with van der Waals surface area (Å²) in [5.74, 6) is 0.171. The van der Waals surface area contributed by atoms with E-state index in [9.17, 15) is 4.79 Å². The van der Waals surface area contributed by atoms with Gasteiger partial charge in [-0.05, 0) is 19.0 Å². The summed E-state index contributed by atoms with van der Waals surface area (Å²) in [6, 6.07) is 3.22.